The monoisotopic (exact) mass is 363 g/mol. The highest BCUT2D eigenvalue weighted by molar-refractivity contribution is 5.73. The number of urea groups is 1. The number of amides is 2. The van der Waals surface area contributed by atoms with E-state index in [1.165, 1.54) is 5.56 Å². The first-order valence-corrected chi connectivity index (χ1v) is 8.99. The number of pyridine rings is 1. The summed E-state index contributed by atoms with van der Waals surface area (Å²) < 4.78 is 1.99. The number of nitrogens with zero attached hydrogens (tertiary/aromatic N) is 4. The van der Waals surface area contributed by atoms with E-state index in [0.717, 1.165) is 29.1 Å². The number of benzene rings is 1. The third-order valence-corrected chi connectivity index (χ3v) is 4.64. The summed E-state index contributed by atoms with van der Waals surface area (Å²) in [6.45, 7) is 5.76. The van der Waals surface area contributed by atoms with Crippen LogP contribution in [0.15, 0.2) is 54.9 Å². The molecule has 1 aromatic carbocycles. The maximum atomic E-state index is 12.4. The molecule has 2 aromatic heterocycles. The standard InChI is InChI=1S/C21H25N5O/c1-16-20(17(2)26(24-16)15-18-7-5-4-6-8-18)13-23-21(27)25(3)14-19-9-11-22-12-10-19/h4-12H,13-15H2,1-3H3,(H,23,27). The van der Waals surface area contributed by atoms with Crippen molar-refractivity contribution in [2.24, 2.45) is 0 Å². The van der Waals surface area contributed by atoms with Gasteiger partial charge in [0.05, 0.1) is 12.2 Å². The van der Waals surface area contributed by atoms with Crippen molar-refractivity contribution in [1.29, 1.82) is 0 Å². The fourth-order valence-corrected chi connectivity index (χ4v) is 3.03. The van der Waals surface area contributed by atoms with Crippen LogP contribution in [0.4, 0.5) is 4.79 Å². The Morgan fingerprint density at radius 2 is 1.78 bits per heavy atom. The summed E-state index contributed by atoms with van der Waals surface area (Å²) in [4.78, 5) is 18.1. The molecule has 6 heteroatoms. The van der Waals surface area contributed by atoms with Gasteiger partial charge in [0, 0.05) is 43.8 Å². The molecule has 140 valence electrons. The predicted octanol–water partition coefficient (Wildman–Crippen LogP) is 3.28. The van der Waals surface area contributed by atoms with Crippen LogP contribution in [0.2, 0.25) is 0 Å². The zero-order chi connectivity index (χ0) is 19.2. The van der Waals surface area contributed by atoms with Gasteiger partial charge in [-0.1, -0.05) is 30.3 Å². The molecule has 0 aliphatic heterocycles. The Hall–Kier alpha value is -3.15. The summed E-state index contributed by atoms with van der Waals surface area (Å²) in [6.07, 6.45) is 3.46. The number of carbonyl (C=O) groups excluding carboxylic acids is 1. The maximum Gasteiger partial charge on any atom is 0.317 e. The van der Waals surface area contributed by atoms with E-state index in [-0.39, 0.29) is 6.03 Å². The van der Waals surface area contributed by atoms with Crippen molar-refractivity contribution in [3.05, 3.63) is 82.9 Å². The lowest BCUT2D eigenvalue weighted by atomic mass is 10.2. The van der Waals surface area contributed by atoms with Crippen molar-refractivity contribution in [1.82, 2.24) is 25.0 Å². The highest BCUT2D eigenvalue weighted by Gasteiger charge is 2.14. The Kier molecular flexibility index (Phi) is 5.86. The Labute approximate surface area is 159 Å². The molecule has 0 aliphatic rings. The van der Waals surface area contributed by atoms with Gasteiger partial charge in [0.25, 0.3) is 0 Å². The minimum Gasteiger partial charge on any atom is -0.334 e. The van der Waals surface area contributed by atoms with Gasteiger partial charge in [-0.2, -0.15) is 5.10 Å². The molecule has 2 amide bonds. The van der Waals surface area contributed by atoms with Gasteiger partial charge in [-0.05, 0) is 37.1 Å². The zero-order valence-corrected chi connectivity index (χ0v) is 16.0. The molecule has 0 saturated carbocycles. The average molecular weight is 363 g/mol. The second kappa shape index (κ2) is 8.49. The largest absolute Gasteiger partial charge is 0.334 e. The molecule has 0 radical (unpaired) electrons. The lowest BCUT2D eigenvalue weighted by Crippen LogP contribution is -2.36. The molecule has 0 atom stereocenters. The molecule has 0 bridgehead atoms. The Bertz CT molecular complexity index is 890. The van der Waals surface area contributed by atoms with Gasteiger partial charge < -0.3 is 10.2 Å². The molecule has 3 aromatic rings. The number of hydrogen-bond donors (Lipinski definition) is 1. The second-order valence-electron chi connectivity index (χ2n) is 6.66. The first kappa shape index (κ1) is 18.6. The number of rotatable bonds is 6. The van der Waals surface area contributed by atoms with E-state index in [1.54, 1.807) is 24.3 Å². The quantitative estimate of drug-likeness (QED) is 0.731. The molecule has 6 nitrogen and oxygen atoms in total. The van der Waals surface area contributed by atoms with Gasteiger partial charge in [-0.3, -0.25) is 9.67 Å². The van der Waals surface area contributed by atoms with E-state index in [9.17, 15) is 4.79 Å². The van der Waals surface area contributed by atoms with E-state index >= 15 is 0 Å². The lowest BCUT2D eigenvalue weighted by molar-refractivity contribution is 0.206. The average Bonchev–Trinajstić information content (AvgIpc) is 2.94. The summed E-state index contributed by atoms with van der Waals surface area (Å²) >= 11 is 0. The van der Waals surface area contributed by atoms with E-state index in [4.69, 9.17) is 0 Å². The fraction of sp³-hybridized carbons (Fsp3) is 0.286. The van der Waals surface area contributed by atoms with Gasteiger partial charge in [0.15, 0.2) is 0 Å². The van der Waals surface area contributed by atoms with Crippen LogP contribution in [0.1, 0.15) is 28.1 Å². The van der Waals surface area contributed by atoms with E-state index in [0.29, 0.717) is 13.1 Å². The molecule has 1 N–H and O–H groups in total. The van der Waals surface area contributed by atoms with Crippen LogP contribution in [-0.2, 0) is 19.6 Å². The Morgan fingerprint density at radius 3 is 2.48 bits per heavy atom. The smallest absolute Gasteiger partial charge is 0.317 e. The molecule has 0 spiro atoms. The number of carbonyl (C=O) groups is 1. The van der Waals surface area contributed by atoms with E-state index in [2.05, 4.69) is 27.5 Å². The molecule has 0 fully saturated rings. The SMILES string of the molecule is Cc1nn(Cc2ccccc2)c(C)c1CNC(=O)N(C)Cc1ccncc1. The highest BCUT2D eigenvalue weighted by Crippen LogP contribution is 2.15. The minimum atomic E-state index is -0.110. The Balaban J connectivity index is 1.61. The third-order valence-electron chi connectivity index (χ3n) is 4.64. The topological polar surface area (TPSA) is 63.1 Å². The van der Waals surface area contributed by atoms with Crippen LogP contribution in [0.5, 0.6) is 0 Å². The second-order valence-corrected chi connectivity index (χ2v) is 6.66. The molecule has 3 rings (SSSR count). The fourth-order valence-electron chi connectivity index (χ4n) is 3.03. The zero-order valence-electron chi connectivity index (χ0n) is 16.0. The first-order valence-electron chi connectivity index (χ1n) is 8.99. The van der Waals surface area contributed by atoms with E-state index in [1.807, 2.05) is 48.9 Å². The first-order chi connectivity index (χ1) is 13.0. The lowest BCUT2D eigenvalue weighted by Gasteiger charge is -2.18. The maximum absolute atomic E-state index is 12.4. The van der Waals surface area contributed by atoms with Crippen LogP contribution < -0.4 is 5.32 Å². The van der Waals surface area contributed by atoms with Crippen molar-refractivity contribution >= 4 is 6.03 Å². The van der Waals surface area contributed by atoms with Gasteiger partial charge >= 0.3 is 6.03 Å². The Morgan fingerprint density at radius 1 is 1.07 bits per heavy atom. The van der Waals surface area contributed by atoms with Crippen molar-refractivity contribution in [2.45, 2.75) is 33.5 Å². The molecular formula is C21H25N5O. The van der Waals surface area contributed by atoms with Crippen molar-refractivity contribution in [2.75, 3.05) is 7.05 Å². The summed E-state index contributed by atoms with van der Waals surface area (Å²) in [5.74, 6) is 0. The molecule has 0 unspecified atom stereocenters. The third kappa shape index (κ3) is 4.73. The summed E-state index contributed by atoms with van der Waals surface area (Å²) in [7, 11) is 1.79. The minimum absolute atomic E-state index is 0.110. The van der Waals surface area contributed by atoms with Crippen LogP contribution in [0.25, 0.3) is 0 Å². The van der Waals surface area contributed by atoms with Crippen LogP contribution >= 0.6 is 0 Å². The molecular weight excluding hydrogens is 338 g/mol. The van der Waals surface area contributed by atoms with E-state index < -0.39 is 0 Å². The van der Waals surface area contributed by atoms with Crippen LogP contribution in [0.3, 0.4) is 0 Å². The van der Waals surface area contributed by atoms with Gasteiger partial charge in [-0.25, -0.2) is 4.79 Å². The van der Waals surface area contributed by atoms with Crippen molar-refractivity contribution in [3.8, 4) is 0 Å². The normalized spacial score (nSPS) is 10.6. The molecule has 0 saturated heterocycles. The van der Waals surface area contributed by atoms with Crippen molar-refractivity contribution in [3.63, 3.8) is 0 Å². The predicted molar refractivity (Wildman–Crippen MR) is 105 cm³/mol. The van der Waals surface area contributed by atoms with Gasteiger partial charge in [0.1, 0.15) is 0 Å². The van der Waals surface area contributed by atoms with Crippen LogP contribution in [-0.4, -0.2) is 32.7 Å². The van der Waals surface area contributed by atoms with Crippen molar-refractivity contribution < 1.29 is 4.79 Å². The number of aryl methyl sites for hydroxylation is 1. The van der Waals surface area contributed by atoms with Gasteiger partial charge in [0.2, 0.25) is 0 Å². The summed E-state index contributed by atoms with van der Waals surface area (Å²) in [6, 6.07) is 14.0. The molecule has 2 heterocycles. The summed E-state index contributed by atoms with van der Waals surface area (Å²) in [5.41, 5.74) is 5.34. The number of nitrogens with one attached hydrogen (secondary N) is 1. The number of aromatic nitrogens is 3. The molecule has 0 aliphatic carbocycles. The molecule has 27 heavy (non-hydrogen) atoms. The van der Waals surface area contributed by atoms with Crippen LogP contribution in [0, 0.1) is 13.8 Å². The van der Waals surface area contributed by atoms with Gasteiger partial charge in [-0.15, -0.1) is 0 Å². The number of hydrogen-bond acceptors (Lipinski definition) is 3. The summed E-state index contributed by atoms with van der Waals surface area (Å²) in [5, 5.41) is 7.64. The highest BCUT2D eigenvalue weighted by atomic mass is 16.2.